The van der Waals surface area contributed by atoms with E-state index in [1.807, 2.05) is 26.8 Å². The molecule has 0 aliphatic heterocycles. The lowest BCUT2D eigenvalue weighted by Gasteiger charge is -2.53. The number of carboxylic acids is 1. The molecule has 0 unspecified atom stereocenters. The van der Waals surface area contributed by atoms with Gasteiger partial charge in [-0.3, -0.25) is 4.79 Å². The summed E-state index contributed by atoms with van der Waals surface area (Å²) in [4.78, 5) is 17.8. The number of aliphatic carboxylic acids is 1. The standard InChI is InChI=1S/C31H34F3NO3/c1-6-15-38-35-27(21-9-7-10-22(16-21)31(32,33)34)24-18-25-20(17-23(24)19(2)3)11-12-26-29(25,4)13-8-14-30(26,5)28(36)37/h1,7,9-10,16-19,26H,8,11-15H2,2-5H3,(H,36,37)/t26-,29-,30-/m1/s1. The van der Waals surface area contributed by atoms with Crippen LogP contribution in [0.5, 0.6) is 0 Å². The molecule has 0 amide bonds. The Hall–Kier alpha value is -3.27. The summed E-state index contributed by atoms with van der Waals surface area (Å²) >= 11 is 0. The lowest BCUT2D eigenvalue weighted by molar-refractivity contribution is -0.157. The van der Waals surface area contributed by atoms with E-state index in [1.54, 1.807) is 6.07 Å². The number of terminal acetylenes is 1. The number of alkyl halides is 3. The Bertz CT molecular complexity index is 1310. The number of oxime groups is 1. The van der Waals surface area contributed by atoms with E-state index in [2.05, 4.69) is 24.1 Å². The third-order valence-electron chi connectivity index (χ3n) is 8.66. The Balaban J connectivity index is 1.95. The Morgan fingerprint density at radius 1 is 1.24 bits per heavy atom. The Kier molecular flexibility index (Phi) is 7.40. The maximum absolute atomic E-state index is 13.6. The molecule has 0 radical (unpaired) electrons. The van der Waals surface area contributed by atoms with Crippen LogP contribution >= 0.6 is 0 Å². The molecular weight excluding hydrogens is 491 g/mol. The molecular formula is C31H34F3NO3. The second-order valence-electron chi connectivity index (χ2n) is 11.3. The monoisotopic (exact) mass is 525 g/mol. The van der Waals surface area contributed by atoms with Crippen LogP contribution in [0.1, 0.15) is 92.7 Å². The number of rotatable bonds is 6. The van der Waals surface area contributed by atoms with Crippen molar-refractivity contribution >= 4 is 11.7 Å². The van der Waals surface area contributed by atoms with Gasteiger partial charge in [0.15, 0.2) is 6.61 Å². The highest BCUT2D eigenvalue weighted by molar-refractivity contribution is 6.14. The van der Waals surface area contributed by atoms with Crippen molar-refractivity contribution < 1.29 is 27.9 Å². The molecule has 3 atom stereocenters. The molecule has 4 rings (SSSR count). The maximum Gasteiger partial charge on any atom is 0.416 e. The zero-order chi connectivity index (χ0) is 27.9. The molecule has 202 valence electrons. The van der Waals surface area contributed by atoms with Crippen molar-refractivity contribution in [2.75, 3.05) is 6.61 Å². The normalized spacial score (nSPS) is 25.3. The minimum Gasteiger partial charge on any atom is -0.481 e. The number of benzene rings is 2. The third kappa shape index (κ3) is 4.81. The van der Waals surface area contributed by atoms with Crippen LogP contribution in [-0.2, 0) is 27.6 Å². The summed E-state index contributed by atoms with van der Waals surface area (Å²) < 4.78 is 40.8. The smallest absolute Gasteiger partial charge is 0.416 e. The highest BCUT2D eigenvalue weighted by Gasteiger charge is 2.55. The Labute approximate surface area is 222 Å². The predicted molar refractivity (Wildman–Crippen MR) is 141 cm³/mol. The summed E-state index contributed by atoms with van der Waals surface area (Å²) in [5.74, 6) is 1.57. The van der Waals surface area contributed by atoms with E-state index in [0.717, 1.165) is 48.9 Å². The molecule has 0 bridgehead atoms. The molecule has 4 nitrogen and oxygen atoms in total. The van der Waals surface area contributed by atoms with Crippen LogP contribution in [0.2, 0.25) is 0 Å². The first-order chi connectivity index (χ1) is 17.8. The van der Waals surface area contributed by atoms with Crippen LogP contribution in [-0.4, -0.2) is 23.4 Å². The zero-order valence-corrected chi connectivity index (χ0v) is 22.3. The molecule has 2 aromatic carbocycles. The van der Waals surface area contributed by atoms with Gasteiger partial charge in [-0.25, -0.2) is 0 Å². The predicted octanol–water partition coefficient (Wildman–Crippen LogP) is 7.33. The van der Waals surface area contributed by atoms with Crippen molar-refractivity contribution in [2.24, 2.45) is 16.5 Å². The summed E-state index contributed by atoms with van der Waals surface area (Å²) in [5, 5.41) is 14.4. The molecule has 0 heterocycles. The van der Waals surface area contributed by atoms with Gasteiger partial charge >= 0.3 is 12.1 Å². The molecule has 2 aliphatic carbocycles. The topological polar surface area (TPSA) is 58.9 Å². The van der Waals surface area contributed by atoms with Gasteiger partial charge in [0.25, 0.3) is 0 Å². The number of halogens is 3. The van der Waals surface area contributed by atoms with Gasteiger partial charge in [0.1, 0.15) is 5.71 Å². The average Bonchev–Trinajstić information content (AvgIpc) is 2.85. The second kappa shape index (κ2) is 10.1. The lowest BCUT2D eigenvalue weighted by atomic mass is 9.49. The third-order valence-corrected chi connectivity index (χ3v) is 8.66. The molecule has 1 saturated carbocycles. The summed E-state index contributed by atoms with van der Waals surface area (Å²) in [5.41, 5.74) is 2.39. The number of aryl methyl sites for hydroxylation is 1. The van der Waals surface area contributed by atoms with Crippen LogP contribution in [0.25, 0.3) is 0 Å². The Morgan fingerprint density at radius 3 is 2.61 bits per heavy atom. The van der Waals surface area contributed by atoms with Crippen molar-refractivity contribution in [2.45, 2.75) is 77.3 Å². The fraction of sp³-hybridized carbons (Fsp3) is 0.484. The van der Waals surface area contributed by atoms with Gasteiger partial charge < -0.3 is 9.94 Å². The fourth-order valence-corrected chi connectivity index (χ4v) is 6.71. The second-order valence-corrected chi connectivity index (χ2v) is 11.3. The molecule has 38 heavy (non-hydrogen) atoms. The SMILES string of the molecule is C#CCON=C(c1cccc(C(F)(F)F)c1)c1cc2c(cc1C(C)C)CC[C@H]1[C@](C)(C(=O)O)CCC[C@]21C. The molecule has 0 aromatic heterocycles. The van der Waals surface area contributed by atoms with Crippen LogP contribution in [0.15, 0.2) is 41.6 Å². The van der Waals surface area contributed by atoms with E-state index in [9.17, 15) is 23.1 Å². The Morgan fingerprint density at radius 2 is 1.97 bits per heavy atom. The van der Waals surface area contributed by atoms with Crippen LogP contribution in [0.3, 0.4) is 0 Å². The first-order valence-electron chi connectivity index (χ1n) is 13.0. The largest absolute Gasteiger partial charge is 0.481 e. The van der Waals surface area contributed by atoms with Gasteiger partial charge in [0.2, 0.25) is 0 Å². The average molecular weight is 526 g/mol. The van der Waals surface area contributed by atoms with E-state index in [1.165, 1.54) is 11.6 Å². The van der Waals surface area contributed by atoms with Crippen molar-refractivity contribution in [1.29, 1.82) is 0 Å². The van der Waals surface area contributed by atoms with E-state index >= 15 is 0 Å². The number of carbonyl (C=O) groups is 1. The van der Waals surface area contributed by atoms with E-state index < -0.39 is 23.1 Å². The van der Waals surface area contributed by atoms with Crippen molar-refractivity contribution in [1.82, 2.24) is 0 Å². The number of carboxylic acid groups (broad SMARTS) is 1. The van der Waals surface area contributed by atoms with Crippen LogP contribution in [0.4, 0.5) is 13.2 Å². The molecule has 2 aliphatic rings. The van der Waals surface area contributed by atoms with Gasteiger partial charge in [-0.2, -0.15) is 13.2 Å². The molecule has 0 saturated heterocycles. The first kappa shape index (κ1) is 27.8. The number of nitrogens with zero attached hydrogens (tertiary/aromatic N) is 1. The lowest BCUT2D eigenvalue weighted by Crippen LogP contribution is -2.52. The van der Waals surface area contributed by atoms with E-state index in [0.29, 0.717) is 12.0 Å². The van der Waals surface area contributed by atoms with Gasteiger partial charge in [-0.1, -0.05) is 56.5 Å². The van der Waals surface area contributed by atoms with Crippen molar-refractivity contribution in [3.63, 3.8) is 0 Å². The summed E-state index contributed by atoms with van der Waals surface area (Å²) in [6.45, 7) is 7.94. The highest BCUT2D eigenvalue weighted by Crippen LogP contribution is 2.57. The molecule has 1 fully saturated rings. The maximum atomic E-state index is 13.6. The fourth-order valence-electron chi connectivity index (χ4n) is 6.71. The number of fused-ring (bicyclic) bond motifs is 3. The molecule has 7 heteroatoms. The van der Waals surface area contributed by atoms with Gasteiger partial charge in [-0.05, 0) is 84.7 Å². The van der Waals surface area contributed by atoms with Crippen molar-refractivity contribution in [3.05, 3.63) is 69.8 Å². The first-order valence-corrected chi connectivity index (χ1v) is 13.0. The quantitative estimate of drug-likeness (QED) is 0.186. The zero-order valence-electron chi connectivity index (χ0n) is 22.3. The highest BCUT2D eigenvalue weighted by atomic mass is 19.4. The minimum absolute atomic E-state index is 0.0557. The van der Waals surface area contributed by atoms with Gasteiger partial charge in [-0.15, -0.1) is 6.42 Å². The molecule has 2 aromatic rings. The minimum atomic E-state index is -4.51. The molecule has 0 spiro atoms. The van der Waals surface area contributed by atoms with Crippen LogP contribution < -0.4 is 0 Å². The summed E-state index contributed by atoms with van der Waals surface area (Å²) in [6.07, 6.45) is 4.63. The van der Waals surface area contributed by atoms with Gasteiger partial charge in [0.05, 0.1) is 11.0 Å². The summed E-state index contributed by atoms with van der Waals surface area (Å²) in [7, 11) is 0. The van der Waals surface area contributed by atoms with Gasteiger partial charge in [0, 0.05) is 11.1 Å². The van der Waals surface area contributed by atoms with E-state index in [-0.39, 0.29) is 35.1 Å². The van der Waals surface area contributed by atoms with Crippen molar-refractivity contribution in [3.8, 4) is 12.3 Å². The van der Waals surface area contributed by atoms with Crippen LogP contribution in [0, 0.1) is 23.7 Å². The number of hydrogen-bond donors (Lipinski definition) is 1. The number of hydrogen-bond acceptors (Lipinski definition) is 3. The van der Waals surface area contributed by atoms with E-state index in [4.69, 9.17) is 11.3 Å². The summed E-state index contributed by atoms with van der Waals surface area (Å²) in [6, 6.07) is 9.22. The molecule has 1 N–H and O–H groups in total.